The van der Waals surface area contributed by atoms with Crippen molar-refractivity contribution in [3.8, 4) is 0 Å². The number of rotatable bonds is 0. The maximum Gasteiger partial charge on any atom is 0.115 e. The van der Waals surface area contributed by atoms with E-state index in [1.807, 2.05) is 110 Å². The lowest BCUT2D eigenvalue weighted by Crippen LogP contribution is -1.66. The Morgan fingerprint density at radius 2 is 0.400 bits per heavy atom. The van der Waals surface area contributed by atoms with Crippen molar-refractivity contribution in [2.45, 2.75) is 153 Å². The van der Waals surface area contributed by atoms with Gasteiger partial charge in [0, 0.05) is 49.6 Å². The van der Waals surface area contributed by atoms with E-state index in [0.717, 1.165) is 23.7 Å². The van der Waals surface area contributed by atoms with Gasteiger partial charge in [0.25, 0.3) is 0 Å². The van der Waals surface area contributed by atoms with Gasteiger partial charge in [-0.2, -0.15) is 0 Å². The zero-order chi connectivity index (χ0) is 39.3. The summed E-state index contributed by atoms with van der Waals surface area (Å²) in [7, 11) is 0. The van der Waals surface area contributed by atoms with Crippen LogP contribution >= 0.6 is 0 Å². The lowest BCUT2D eigenvalue weighted by Gasteiger charge is -1.79. The van der Waals surface area contributed by atoms with Gasteiger partial charge in [-0.25, -0.2) is 9.97 Å². The molecule has 0 bridgehead atoms. The summed E-state index contributed by atoms with van der Waals surface area (Å²) in [6.07, 6.45) is 14.9. The highest BCUT2D eigenvalue weighted by molar-refractivity contribution is 4.99. The molecule has 1 aromatic carbocycles. The minimum Gasteiger partial charge on any atom is -0.265 e. The summed E-state index contributed by atoms with van der Waals surface area (Å²) < 4.78 is 0. The molecule has 5 heteroatoms. The molecule has 0 saturated carbocycles. The molecule has 296 valence electrons. The van der Waals surface area contributed by atoms with Crippen LogP contribution < -0.4 is 0 Å². The average Bonchev–Trinajstić information content (AvgIpc) is 3.11. The van der Waals surface area contributed by atoms with E-state index in [-0.39, 0.29) is 14.9 Å². The first-order valence-electron chi connectivity index (χ1n) is 18.2. The number of benzene rings is 1. The Balaban J connectivity index is -0.0000000445. The van der Waals surface area contributed by atoms with Gasteiger partial charge >= 0.3 is 0 Å². The van der Waals surface area contributed by atoms with Crippen LogP contribution in [0.2, 0.25) is 0 Å². The van der Waals surface area contributed by atoms with E-state index in [2.05, 4.69) is 108 Å². The molecule has 0 radical (unpaired) electrons. The first-order valence-corrected chi connectivity index (χ1v) is 18.2. The van der Waals surface area contributed by atoms with E-state index < -0.39 is 0 Å². The summed E-state index contributed by atoms with van der Waals surface area (Å²) in [6, 6.07) is 19.5. The van der Waals surface area contributed by atoms with Crippen molar-refractivity contribution < 1.29 is 0 Å². The standard InChI is InChI=1S/C6H6.C5H5N.2C4H4N2.4C4H10.4C2H6.2CH4/c2*1-2-4-6-5-3-1;1-2-6-4-3-5-1;1-2-5-4-6-3-1;4*1-4(2)3;4*1-2;;/h1-6H;1-5H;2*1-4H;4*4H,1-3H3;4*1-2H3;2*1H4. The Labute approximate surface area is 317 Å². The predicted molar refractivity (Wildman–Crippen MR) is 236 cm³/mol. The summed E-state index contributed by atoms with van der Waals surface area (Å²) in [5.74, 6) is 3.33. The molecular formula is C45H91N5. The van der Waals surface area contributed by atoms with Gasteiger partial charge in [-0.1, -0.05) is 196 Å². The van der Waals surface area contributed by atoms with Crippen LogP contribution in [0.3, 0.4) is 0 Å². The minimum atomic E-state index is 0. The number of aromatic nitrogens is 5. The van der Waals surface area contributed by atoms with Crippen molar-refractivity contribution in [1.82, 2.24) is 24.9 Å². The average molecular weight is 702 g/mol. The minimum absolute atomic E-state index is 0. The number of hydrogen-bond donors (Lipinski definition) is 0. The summed E-state index contributed by atoms with van der Waals surface area (Å²) in [5, 5.41) is 0. The van der Waals surface area contributed by atoms with Crippen LogP contribution in [-0.4, -0.2) is 24.9 Å². The number of pyridine rings is 1. The molecule has 0 aliphatic rings. The third-order valence-corrected chi connectivity index (χ3v) is 2.19. The highest BCUT2D eigenvalue weighted by Crippen LogP contribution is 1.82. The summed E-state index contributed by atoms with van der Waals surface area (Å²) in [5.41, 5.74) is 0. The third-order valence-electron chi connectivity index (χ3n) is 2.19. The van der Waals surface area contributed by atoms with Crippen molar-refractivity contribution in [1.29, 1.82) is 0 Å². The largest absolute Gasteiger partial charge is 0.265 e. The van der Waals surface area contributed by atoms with Crippen molar-refractivity contribution in [3.05, 3.63) is 117 Å². The highest BCUT2D eigenvalue weighted by Gasteiger charge is 1.69. The van der Waals surface area contributed by atoms with Gasteiger partial charge in [0.15, 0.2) is 0 Å². The molecular weight excluding hydrogens is 611 g/mol. The second kappa shape index (κ2) is 85.3. The second-order valence-electron chi connectivity index (χ2n) is 10.9. The molecule has 0 unspecified atom stereocenters. The van der Waals surface area contributed by atoms with E-state index in [4.69, 9.17) is 0 Å². The Kier molecular flexibility index (Phi) is 123. The van der Waals surface area contributed by atoms with Gasteiger partial charge < -0.3 is 0 Å². The van der Waals surface area contributed by atoms with Crippen LogP contribution in [0.15, 0.2) is 117 Å². The van der Waals surface area contributed by atoms with E-state index in [9.17, 15) is 0 Å². The fourth-order valence-electron chi connectivity index (χ4n) is 1.20. The Morgan fingerprint density at radius 3 is 0.480 bits per heavy atom. The monoisotopic (exact) mass is 702 g/mol. The number of hydrogen-bond acceptors (Lipinski definition) is 5. The molecule has 50 heavy (non-hydrogen) atoms. The zero-order valence-electron chi connectivity index (χ0n) is 35.5. The molecule has 4 rings (SSSR count). The smallest absolute Gasteiger partial charge is 0.115 e. The number of nitrogens with zero attached hydrogens (tertiary/aromatic N) is 5. The summed E-state index contributed by atoms with van der Waals surface area (Å²) in [6.45, 7) is 42.0. The van der Waals surface area contributed by atoms with Crippen LogP contribution in [0.5, 0.6) is 0 Å². The summed E-state index contributed by atoms with van der Waals surface area (Å²) in [4.78, 5) is 18.6. The maximum atomic E-state index is 3.78. The van der Waals surface area contributed by atoms with Crippen molar-refractivity contribution in [2.75, 3.05) is 0 Å². The molecule has 0 N–H and O–H groups in total. The maximum absolute atomic E-state index is 3.78. The molecule has 0 amide bonds. The molecule has 0 aliphatic carbocycles. The molecule has 3 aromatic heterocycles. The quantitative estimate of drug-likeness (QED) is 0.183. The van der Waals surface area contributed by atoms with Gasteiger partial charge in [-0.15, -0.1) is 0 Å². The fraction of sp³-hybridized carbons (Fsp3) is 0.578. The van der Waals surface area contributed by atoms with Gasteiger partial charge in [0.1, 0.15) is 6.33 Å². The Morgan fingerprint density at radius 1 is 0.240 bits per heavy atom. The van der Waals surface area contributed by atoms with Crippen LogP contribution in [0, 0.1) is 23.7 Å². The topological polar surface area (TPSA) is 64.5 Å². The molecule has 0 fully saturated rings. The molecule has 0 saturated heterocycles. The molecule has 0 atom stereocenters. The van der Waals surface area contributed by atoms with Gasteiger partial charge in [0.2, 0.25) is 0 Å². The molecule has 0 aliphatic heterocycles. The predicted octanol–water partition coefficient (Wildman–Crippen LogP) is 15.7. The van der Waals surface area contributed by atoms with E-state index in [0.29, 0.717) is 0 Å². The van der Waals surface area contributed by atoms with Crippen LogP contribution in [-0.2, 0) is 0 Å². The van der Waals surface area contributed by atoms with Crippen molar-refractivity contribution in [2.24, 2.45) is 23.7 Å². The van der Waals surface area contributed by atoms with E-state index >= 15 is 0 Å². The van der Waals surface area contributed by atoms with Gasteiger partial charge in [-0.05, 0) is 41.9 Å². The van der Waals surface area contributed by atoms with Crippen LogP contribution in [0.1, 0.15) is 153 Å². The fourth-order valence-corrected chi connectivity index (χ4v) is 1.20. The third kappa shape index (κ3) is 200. The Bertz CT molecular complexity index is 575. The lowest BCUT2D eigenvalue weighted by atomic mass is 10.3. The molecule has 0 spiro atoms. The van der Waals surface area contributed by atoms with E-state index in [1.54, 1.807) is 55.6 Å². The van der Waals surface area contributed by atoms with Crippen LogP contribution in [0.25, 0.3) is 0 Å². The van der Waals surface area contributed by atoms with E-state index in [1.165, 1.54) is 6.33 Å². The van der Waals surface area contributed by atoms with Gasteiger partial charge in [0.05, 0.1) is 0 Å². The zero-order valence-corrected chi connectivity index (χ0v) is 35.5. The van der Waals surface area contributed by atoms with Crippen molar-refractivity contribution >= 4 is 0 Å². The SMILES string of the molecule is C.C.CC.CC.CC.CC.CC(C)C.CC(C)C.CC(C)C.CC(C)C.c1ccccc1.c1ccncc1.c1cnccn1.c1cncnc1. The van der Waals surface area contributed by atoms with Crippen LogP contribution in [0.4, 0.5) is 0 Å². The first kappa shape index (κ1) is 72.3. The first-order chi connectivity index (χ1) is 22.9. The molecule has 5 nitrogen and oxygen atoms in total. The normalized spacial score (nSPS) is 7.20. The lowest BCUT2D eigenvalue weighted by molar-refractivity contribution is 0.736. The second-order valence-corrected chi connectivity index (χ2v) is 10.9. The van der Waals surface area contributed by atoms with Crippen molar-refractivity contribution in [3.63, 3.8) is 0 Å². The summed E-state index contributed by atoms with van der Waals surface area (Å²) >= 11 is 0. The highest BCUT2D eigenvalue weighted by atomic mass is 14.8. The molecule has 3 heterocycles. The van der Waals surface area contributed by atoms with Gasteiger partial charge in [-0.3, -0.25) is 15.0 Å². The Hall–Kier alpha value is -3.47. The molecule has 4 aromatic rings.